The van der Waals surface area contributed by atoms with E-state index in [1.54, 1.807) is 0 Å². The molecule has 0 aromatic carbocycles. The lowest BCUT2D eigenvalue weighted by atomic mass is 10.0. The molecule has 10 heteroatoms. The van der Waals surface area contributed by atoms with Gasteiger partial charge in [-0.3, -0.25) is 9.69 Å². The third kappa shape index (κ3) is 2.72. The summed E-state index contributed by atoms with van der Waals surface area (Å²) in [6.07, 6.45) is 0. The maximum absolute atomic E-state index is 11.7. The highest BCUT2D eigenvalue weighted by Crippen LogP contribution is 2.39. The fourth-order valence-corrected chi connectivity index (χ4v) is 3.40. The molecule has 2 aliphatic heterocycles. The summed E-state index contributed by atoms with van der Waals surface area (Å²) in [5, 5.41) is 21.0. The van der Waals surface area contributed by atoms with Gasteiger partial charge >= 0.3 is 11.9 Å². The van der Waals surface area contributed by atoms with E-state index in [4.69, 9.17) is 10.8 Å². The van der Waals surface area contributed by atoms with Crippen LogP contribution in [0.15, 0.2) is 16.4 Å². The number of oxime groups is 1. The number of rotatable bonds is 5. The molecule has 0 bridgehead atoms. The number of nitrogens with two attached hydrogens (primary N) is 1. The monoisotopic (exact) mass is 315 g/mol. The number of fused-ring (bicyclic) bond motifs is 1. The molecule has 2 aliphatic rings. The van der Waals surface area contributed by atoms with Crippen molar-refractivity contribution in [2.45, 2.75) is 18.3 Å². The molecule has 9 nitrogen and oxygen atoms in total. The molecule has 21 heavy (non-hydrogen) atoms. The van der Waals surface area contributed by atoms with E-state index in [9.17, 15) is 19.5 Å². The van der Waals surface area contributed by atoms with E-state index in [0.29, 0.717) is 11.3 Å². The molecular formula is C11H13N3O6S. The van der Waals surface area contributed by atoms with Gasteiger partial charge in [0.1, 0.15) is 17.1 Å². The highest BCUT2D eigenvalue weighted by atomic mass is 32.2. The van der Waals surface area contributed by atoms with Crippen LogP contribution in [0.1, 0.15) is 6.92 Å². The van der Waals surface area contributed by atoms with Crippen molar-refractivity contribution < 1.29 is 29.4 Å². The second-order valence-corrected chi connectivity index (χ2v) is 5.52. The second-order valence-electron chi connectivity index (χ2n) is 4.41. The zero-order chi connectivity index (χ0) is 15.7. The van der Waals surface area contributed by atoms with Crippen molar-refractivity contribution in [2.24, 2.45) is 10.9 Å². The number of thioether (sulfide) groups is 1. The molecule has 4 N–H and O–H groups in total. The van der Waals surface area contributed by atoms with Crippen molar-refractivity contribution in [3.63, 3.8) is 0 Å². The van der Waals surface area contributed by atoms with Crippen molar-refractivity contribution >= 4 is 35.3 Å². The van der Waals surface area contributed by atoms with Gasteiger partial charge in [-0.25, -0.2) is 9.59 Å². The first-order chi connectivity index (χ1) is 9.84. The normalized spacial score (nSPS) is 25.3. The third-order valence-electron chi connectivity index (χ3n) is 3.04. The van der Waals surface area contributed by atoms with E-state index < -0.39 is 30.5 Å². The fraction of sp³-hybridized carbons (Fsp3) is 0.455. The van der Waals surface area contributed by atoms with Crippen LogP contribution in [0.5, 0.6) is 0 Å². The number of hydrogen-bond acceptors (Lipinski definition) is 7. The number of carbonyl (C=O) groups is 3. The lowest BCUT2D eigenvalue weighted by Crippen LogP contribution is -2.68. The Morgan fingerprint density at radius 1 is 1.52 bits per heavy atom. The molecule has 0 unspecified atom stereocenters. The Morgan fingerprint density at radius 2 is 2.19 bits per heavy atom. The van der Waals surface area contributed by atoms with Gasteiger partial charge in [0.25, 0.3) is 0 Å². The van der Waals surface area contributed by atoms with E-state index in [2.05, 4.69) is 9.99 Å². The summed E-state index contributed by atoms with van der Waals surface area (Å²) in [7, 11) is 0. The Balaban J connectivity index is 2.28. The first-order valence-electron chi connectivity index (χ1n) is 5.90. The highest BCUT2D eigenvalue weighted by Gasteiger charge is 2.52. The summed E-state index contributed by atoms with van der Waals surface area (Å²) in [6, 6.07) is -0.702. The molecule has 0 saturated carbocycles. The summed E-state index contributed by atoms with van der Waals surface area (Å²) < 4.78 is 0. The molecule has 2 atom stereocenters. The molecule has 1 amide bonds. The van der Waals surface area contributed by atoms with E-state index in [1.165, 1.54) is 18.7 Å². The van der Waals surface area contributed by atoms with Gasteiger partial charge in [-0.05, 0) is 6.92 Å². The number of carboxylic acid groups (broad SMARTS) is 2. The average Bonchev–Trinajstić information content (AvgIpc) is 2.44. The molecule has 2 rings (SSSR count). The second kappa shape index (κ2) is 5.74. The number of β-lactam (4-membered cyclic amide) rings is 1. The van der Waals surface area contributed by atoms with Crippen LogP contribution in [0, 0.1) is 0 Å². The zero-order valence-electron chi connectivity index (χ0n) is 11.0. The standard InChI is InChI=1S/C11H13N3O6S/c1-4(13-20-2-6(15)16)5-3-21-10-7(12)9(17)14(10)8(5)11(18)19/h7,10H,2-3,12H2,1H3,(H,15,16)(H,18,19)/b13-4-/t7-,10-/m1/s1. The van der Waals surface area contributed by atoms with Crippen molar-refractivity contribution in [1.29, 1.82) is 0 Å². The molecule has 1 saturated heterocycles. The van der Waals surface area contributed by atoms with Crippen LogP contribution in [-0.2, 0) is 19.2 Å². The van der Waals surface area contributed by atoms with Gasteiger partial charge < -0.3 is 20.8 Å². The van der Waals surface area contributed by atoms with Crippen molar-refractivity contribution in [3.05, 3.63) is 11.3 Å². The summed E-state index contributed by atoms with van der Waals surface area (Å²) in [4.78, 5) is 39.2. The predicted octanol–water partition coefficient (Wildman–Crippen LogP) is -0.955. The summed E-state index contributed by atoms with van der Waals surface area (Å²) in [5.41, 5.74) is 5.98. The molecular weight excluding hydrogens is 302 g/mol. The number of amides is 1. The lowest BCUT2D eigenvalue weighted by molar-refractivity contribution is -0.147. The van der Waals surface area contributed by atoms with Gasteiger partial charge in [0.05, 0.1) is 5.71 Å². The Morgan fingerprint density at radius 3 is 2.76 bits per heavy atom. The molecule has 0 radical (unpaired) electrons. The predicted molar refractivity (Wildman–Crippen MR) is 72.4 cm³/mol. The van der Waals surface area contributed by atoms with E-state index in [1.807, 2.05) is 0 Å². The molecule has 0 aromatic heterocycles. The number of carbonyl (C=O) groups excluding carboxylic acids is 1. The number of hydrogen-bond donors (Lipinski definition) is 3. The van der Waals surface area contributed by atoms with Crippen LogP contribution < -0.4 is 5.73 Å². The van der Waals surface area contributed by atoms with Gasteiger partial charge in [0.15, 0.2) is 0 Å². The van der Waals surface area contributed by atoms with Crippen LogP contribution in [0.4, 0.5) is 0 Å². The Hall–Kier alpha value is -2.07. The van der Waals surface area contributed by atoms with Gasteiger partial charge in [-0.15, -0.1) is 11.8 Å². The van der Waals surface area contributed by atoms with Gasteiger partial charge in [0.2, 0.25) is 12.5 Å². The minimum absolute atomic E-state index is 0.175. The molecule has 114 valence electrons. The van der Waals surface area contributed by atoms with Crippen molar-refractivity contribution in [2.75, 3.05) is 12.4 Å². The summed E-state index contributed by atoms with van der Waals surface area (Å²) >= 11 is 1.33. The van der Waals surface area contributed by atoms with E-state index in [-0.39, 0.29) is 16.8 Å². The van der Waals surface area contributed by atoms with Crippen molar-refractivity contribution in [1.82, 2.24) is 4.90 Å². The lowest BCUT2D eigenvalue weighted by Gasteiger charge is -2.47. The van der Waals surface area contributed by atoms with E-state index in [0.717, 1.165) is 4.90 Å². The third-order valence-corrected chi connectivity index (χ3v) is 4.34. The maximum Gasteiger partial charge on any atom is 0.353 e. The maximum atomic E-state index is 11.7. The quantitative estimate of drug-likeness (QED) is 0.334. The van der Waals surface area contributed by atoms with E-state index >= 15 is 0 Å². The smallest absolute Gasteiger partial charge is 0.353 e. The summed E-state index contributed by atoms with van der Waals surface area (Å²) in [5.74, 6) is -2.61. The van der Waals surface area contributed by atoms with Crippen LogP contribution in [0.25, 0.3) is 0 Å². The van der Waals surface area contributed by atoms with Crippen LogP contribution in [0.3, 0.4) is 0 Å². The van der Waals surface area contributed by atoms with Crippen LogP contribution in [0.2, 0.25) is 0 Å². The minimum atomic E-state index is -1.26. The zero-order valence-corrected chi connectivity index (χ0v) is 11.8. The topological polar surface area (TPSA) is 143 Å². The molecule has 0 aliphatic carbocycles. The SMILES string of the molecule is C/C(=N/OCC(=O)O)C1=C(C(=O)O)N2C(=O)[C@@H](N)[C@H]2SC1. The first kappa shape index (κ1) is 15.3. The molecule has 0 spiro atoms. The van der Waals surface area contributed by atoms with Crippen LogP contribution in [-0.4, -0.2) is 62.4 Å². The fourth-order valence-electron chi connectivity index (χ4n) is 2.03. The van der Waals surface area contributed by atoms with Gasteiger partial charge in [-0.1, -0.05) is 5.16 Å². The average molecular weight is 315 g/mol. The Bertz CT molecular complexity index is 572. The minimum Gasteiger partial charge on any atom is -0.479 e. The van der Waals surface area contributed by atoms with Crippen LogP contribution >= 0.6 is 11.8 Å². The Labute approximate surface area is 123 Å². The molecule has 1 fully saturated rings. The Kier molecular flexibility index (Phi) is 4.19. The highest BCUT2D eigenvalue weighted by molar-refractivity contribution is 8.00. The number of nitrogens with zero attached hydrogens (tertiary/aromatic N) is 2. The number of aliphatic carboxylic acids is 2. The number of carboxylic acids is 2. The molecule has 0 aromatic rings. The summed E-state index contributed by atoms with van der Waals surface area (Å²) in [6.45, 7) is 0.863. The molecule has 2 heterocycles. The largest absolute Gasteiger partial charge is 0.479 e. The first-order valence-corrected chi connectivity index (χ1v) is 6.95. The van der Waals surface area contributed by atoms with Gasteiger partial charge in [0, 0.05) is 11.3 Å². The van der Waals surface area contributed by atoms with Gasteiger partial charge in [-0.2, -0.15) is 0 Å². The van der Waals surface area contributed by atoms with Crippen molar-refractivity contribution in [3.8, 4) is 0 Å².